The molecule has 0 atom stereocenters. The molecule has 0 radical (unpaired) electrons. The van der Waals surface area contributed by atoms with Crippen LogP contribution in [0.4, 0.5) is 0 Å². The third kappa shape index (κ3) is 3.79. The molecule has 0 amide bonds. The molecular weight excluding hydrogens is 108 g/mol. The van der Waals surface area contributed by atoms with E-state index in [0.717, 1.165) is 12.3 Å². The van der Waals surface area contributed by atoms with Crippen LogP contribution in [0.3, 0.4) is 0 Å². The molecule has 3 heteroatoms. The van der Waals surface area contributed by atoms with E-state index < -0.39 is 10.5 Å². The molecule has 1 N–H and O–H groups in total. The van der Waals surface area contributed by atoms with Gasteiger partial charge < -0.3 is 19.6 Å². The Kier molecular flexibility index (Phi) is 4.09. The topological polar surface area (TPSA) is 36.2 Å². The van der Waals surface area contributed by atoms with Crippen molar-refractivity contribution in [2.75, 3.05) is 12.3 Å². The van der Waals surface area contributed by atoms with Crippen molar-refractivity contribution in [1.82, 2.24) is 0 Å². The third-order valence-corrected chi connectivity index (χ3v) is 1.68. The Balaban J connectivity index is 3.52. The van der Waals surface area contributed by atoms with E-state index in [2.05, 4.69) is 4.36 Å². The Morgan fingerprint density at radius 1 is 1.57 bits per heavy atom. The van der Waals surface area contributed by atoms with E-state index in [4.69, 9.17) is 4.78 Å². The Bertz CT molecular complexity index is 102. The van der Waals surface area contributed by atoms with Crippen molar-refractivity contribution in [3.05, 3.63) is 0 Å². The van der Waals surface area contributed by atoms with Crippen molar-refractivity contribution in [1.29, 1.82) is 4.78 Å². The predicted molar refractivity (Wildman–Crippen MR) is 33.6 cm³/mol. The van der Waals surface area contributed by atoms with Crippen LogP contribution in [0.5, 0.6) is 0 Å². The summed E-state index contributed by atoms with van der Waals surface area (Å²) >= 11 is 0. The van der Waals surface area contributed by atoms with E-state index in [1.165, 1.54) is 0 Å². The molecule has 0 saturated carbocycles. The summed E-state index contributed by atoms with van der Waals surface area (Å²) in [5.41, 5.74) is 0. The average Bonchev–Trinajstić information content (AvgIpc) is 1.68. The molecule has 0 aliphatic carbocycles. The van der Waals surface area contributed by atoms with Crippen LogP contribution in [-0.2, 0) is 10.5 Å². The van der Waals surface area contributed by atoms with E-state index in [0.29, 0.717) is 0 Å². The van der Waals surface area contributed by atoms with Crippen LogP contribution in [0.15, 0.2) is 4.36 Å². The summed E-state index contributed by atoms with van der Waals surface area (Å²) in [6.07, 6.45) is 0. The fourth-order valence-corrected chi connectivity index (χ4v) is 0.741. The maximum absolute atomic E-state index is 7.08. The van der Waals surface area contributed by atoms with Gasteiger partial charge in [-0.1, -0.05) is 6.92 Å². The zero-order valence-corrected chi connectivity index (χ0v) is 5.59. The maximum atomic E-state index is 7.08. The van der Waals surface area contributed by atoms with E-state index >= 15 is 0 Å². The van der Waals surface area contributed by atoms with Gasteiger partial charge in [-0.05, 0) is 6.92 Å². The van der Waals surface area contributed by atoms with Crippen molar-refractivity contribution in [3.8, 4) is 0 Å². The Morgan fingerprint density at radius 3 is 2.29 bits per heavy atom. The summed E-state index contributed by atoms with van der Waals surface area (Å²) in [6.45, 7) is 4.74. The largest absolute Gasteiger partial charge is 0.435 e. The van der Waals surface area contributed by atoms with Gasteiger partial charge in [0, 0.05) is 6.54 Å². The van der Waals surface area contributed by atoms with Gasteiger partial charge >= 0.3 is 0 Å². The lowest BCUT2D eigenvalue weighted by atomic mass is 10.8. The first kappa shape index (κ1) is 6.95. The first-order valence-corrected chi connectivity index (χ1v) is 3.76. The van der Waals surface area contributed by atoms with Crippen molar-refractivity contribution in [2.45, 2.75) is 13.8 Å². The smallest absolute Gasteiger partial charge is 0.00783 e. The third-order valence-electron chi connectivity index (χ3n) is 0.558. The van der Waals surface area contributed by atoms with Crippen molar-refractivity contribution >= 4 is 10.5 Å². The fourth-order valence-electron chi connectivity index (χ4n) is 0.247. The molecule has 0 aromatic carbocycles. The Hall–Kier alpha value is -0.0500. The summed E-state index contributed by atoms with van der Waals surface area (Å²) in [6, 6.07) is 0. The summed E-state index contributed by atoms with van der Waals surface area (Å²) in [4.78, 5) is 0. The second-order valence-corrected chi connectivity index (χ2v) is 2.66. The van der Waals surface area contributed by atoms with E-state index in [-0.39, 0.29) is 0 Å². The Morgan fingerprint density at radius 2 is 2.14 bits per heavy atom. The van der Waals surface area contributed by atoms with E-state index in [1.54, 1.807) is 0 Å². The molecule has 0 unspecified atom stereocenters. The van der Waals surface area contributed by atoms with Crippen molar-refractivity contribution < 1.29 is 0 Å². The normalized spacial score (nSPS) is 14.6. The second-order valence-electron chi connectivity index (χ2n) is 1.10. The molecule has 44 valence electrons. The SMILES string of the molecule is CCN=[S-](=N)CC. The summed E-state index contributed by atoms with van der Waals surface area (Å²) in [5, 5.41) is 0. The zero-order chi connectivity index (χ0) is 5.70. The molecular formula is C4H11N2S-. The monoisotopic (exact) mass is 119 g/mol. The maximum Gasteiger partial charge on any atom is 0.00783 e. The van der Waals surface area contributed by atoms with Gasteiger partial charge in [0.2, 0.25) is 0 Å². The second kappa shape index (κ2) is 4.12. The van der Waals surface area contributed by atoms with Crippen LogP contribution in [0.2, 0.25) is 0 Å². The molecule has 0 heterocycles. The van der Waals surface area contributed by atoms with Gasteiger partial charge in [0.05, 0.1) is 0 Å². The summed E-state index contributed by atoms with van der Waals surface area (Å²) in [7, 11) is -0.402. The minimum atomic E-state index is -0.402. The zero-order valence-electron chi connectivity index (χ0n) is 4.77. The lowest BCUT2D eigenvalue weighted by Crippen LogP contribution is -1.76. The van der Waals surface area contributed by atoms with Crippen LogP contribution < -0.4 is 0 Å². The molecule has 0 aromatic rings. The van der Waals surface area contributed by atoms with Crippen LogP contribution in [-0.4, -0.2) is 12.3 Å². The van der Waals surface area contributed by atoms with E-state index in [1.807, 2.05) is 13.8 Å². The van der Waals surface area contributed by atoms with Crippen molar-refractivity contribution in [3.63, 3.8) is 0 Å². The molecule has 7 heavy (non-hydrogen) atoms. The molecule has 0 fully saturated rings. The highest BCUT2D eigenvalue weighted by molar-refractivity contribution is 7.75. The standard InChI is InChI=1S/C4H11N2S/c1-3-6-7(5)4-2/h5H,3-4H2,1-2H3/q-1. The Labute approximate surface area is 46.6 Å². The fraction of sp³-hybridized carbons (Fsp3) is 1.00. The van der Waals surface area contributed by atoms with Gasteiger partial charge in [0.15, 0.2) is 0 Å². The van der Waals surface area contributed by atoms with Crippen LogP contribution in [0, 0.1) is 4.78 Å². The minimum Gasteiger partial charge on any atom is -0.435 e. The van der Waals surface area contributed by atoms with E-state index in [9.17, 15) is 0 Å². The average molecular weight is 119 g/mol. The van der Waals surface area contributed by atoms with Crippen LogP contribution >= 0.6 is 0 Å². The number of rotatable bonds is 2. The first-order chi connectivity index (χ1) is 3.31. The molecule has 0 spiro atoms. The van der Waals surface area contributed by atoms with Gasteiger partial charge in [-0.3, -0.25) is 0 Å². The predicted octanol–water partition coefficient (Wildman–Crippen LogP) is 1.59. The lowest BCUT2D eigenvalue weighted by Gasteiger charge is -1.97. The number of nitrogens with one attached hydrogen (secondary N) is 1. The van der Waals surface area contributed by atoms with Crippen molar-refractivity contribution in [2.24, 2.45) is 4.36 Å². The molecule has 0 aromatic heterocycles. The van der Waals surface area contributed by atoms with Crippen LogP contribution in [0.25, 0.3) is 0 Å². The van der Waals surface area contributed by atoms with Gasteiger partial charge in [0.1, 0.15) is 0 Å². The molecule has 2 nitrogen and oxygen atoms in total. The van der Waals surface area contributed by atoms with Gasteiger partial charge in [-0.2, -0.15) is 0 Å². The number of nitrogens with zero attached hydrogens (tertiary/aromatic N) is 1. The quantitative estimate of drug-likeness (QED) is 0.536. The number of hydrogen-bond acceptors (Lipinski definition) is 3. The number of hydrogen-bond donors (Lipinski definition) is 1. The highest BCUT2D eigenvalue weighted by atomic mass is 32.2. The van der Waals surface area contributed by atoms with Gasteiger partial charge in [-0.15, -0.1) is 5.75 Å². The molecule has 0 bridgehead atoms. The summed E-state index contributed by atoms with van der Waals surface area (Å²) < 4.78 is 11.0. The first-order valence-electron chi connectivity index (χ1n) is 2.41. The molecule has 0 saturated heterocycles. The highest BCUT2D eigenvalue weighted by Crippen LogP contribution is 1.73. The molecule has 0 rings (SSSR count). The molecule has 0 aliphatic heterocycles. The minimum absolute atomic E-state index is 0.402. The summed E-state index contributed by atoms with van der Waals surface area (Å²) in [5.74, 6) is 0.869. The van der Waals surface area contributed by atoms with Gasteiger partial charge in [0.25, 0.3) is 0 Å². The molecule has 0 aliphatic rings. The highest BCUT2D eigenvalue weighted by Gasteiger charge is 1.53. The lowest BCUT2D eigenvalue weighted by molar-refractivity contribution is 1.15. The van der Waals surface area contributed by atoms with Crippen LogP contribution in [0.1, 0.15) is 13.8 Å². The van der Waals surface area contributed by atoms with Gasteiger partial charge in [-0.25, -0.2) is 0 Å².